The van der Waals surface area contributed by atoms with Crippen LogP contribution in [0.1, 0.15) is 18.9 Å². The van der Waals surface area contributed by atoms with Crippen LogP contribution in [0.2, 0.25) is 10.0 Å². The Hall–Kier alpha value is -0.970. The van der Waals surface area contributed by atoms with Crippen LogP contribution in [0.5, 0.6) is 0 Å². The second-order valence-corrected chi connectivity index (χ2v) is 5.01. The van der Waals surface area contributed by atoms with Gasteiger partial charge < -0.3 is 15.8 Å². The molecule has 0 radical (unpaired) electrons. The third-order valence-corrected chi connectivity index (χ3v) is 3.38. The number of nitrogens with two attached hydrogens (primary N) is 1. The molecule has 0 fully saturated rings. The summed E-state index contributed by atoms with van der Waals surface area (Å²) in [6.07, 6.45) is 1.57. The summed E-state index contributed by atoms with van der Waals surface area (Å²) < 4.78 is 5.22. The molecule has 0 saturated carbocycles. The molecule has 0 atom stereocenters. The SMILES string of the molecule is CCOCCCN=C(N)NCCc1c(Cl)cccc1Cl. The Balaban J connectivity index is 2.28. The fourth-order valence-corrected chi connectivity index (χ4v) is 2.24. The van der Waals surface area contributed by atoms with Gasteiger partial charge in [0.1, 0.15) is 0 Å². The summed E-state index contributed by atoms with van der Waals surface area (Å²) in [5.41, 5.74) is 6.68. The number of guanidine groups is 1. The van der Waals surface area contributed by atoms with Crippen molar-refractivity contribution in [3.8, 4) is 0 Å². The van der Waals surface area contributed by atoms with Crippen molar-refractivity contribution in [1.82, 2.24) is 5.32 Å². The average molecular weight is 318 g/mol. The first-order valence-corrected chi connectivity index (χ1v) is 7.45. The maximum Gasteiger partial charge on any atom is 0.188 e. The molecule has 3 N–H and O–H groups in total. The minimum Gasteiger partial charge on any atom is -0.382 e. The van der Waals surface area contributed by atoms with E-state index >= 15 is 0 Å². The van der Waals surface area contributed by atoms with Crippen LogP contribution >= 0.6 is 23.2 Å². The number of hydrogen-bond donors (Lipinski definition) is 2. The molecule has 112 valence electrons. The molecule has 0 heterocycles. The van der Waals surface area contributed by atoms with E-state index in [1.165, 1.54) is 0 Å². The molecule has 0 aliphatic rings. The number of rotatable bonds is 8. The molecule has 0 spiro atoms. The predicted molar refractivity (Wildman–Crippen MR) is 85.8 cm³/mol. The van der Waals surface area contributed by atoms with Crippen molar-refractivity contribution in [2.45, 2.75) is 19.8 Å². The van der Waals surface area contributed by atoms with Gasteiger partial charge in [-0.2, -0.15) is 0 Å². The monoisotopic (exact) mass is 317 g/mol. The summed E-state index contributed by atoms with van der Waals surface area (Å²) in [5.74, 6) is 0.435. The molecule has 1 rings (SSSR count). The summed E-state index contributed by atoms with van der Waals surface area (Å²) in [5, 5.41) is 4.39. The lowest BCUT2D eigenvalue weighted by atomic mass is 10.1. The van der Waals surface area contributed by atoms with Gasteiger partial charge in [-0.3, -0.25) is 4.99 Å². The molecule has 1 aromatic carbocycles. The normalized spacial score (nSPS) is 11.7. The Morgan fingerprint density at radius 2 is 2.05 bits per heavy atom. The van der Waals surface area contributed by atoms with Crippen LogP contribution in [0.4, 0.5) is 0 Å². The molecular weight excluding hydrogens is 297 g/mol. The Kier molecular flexibility index (Phi) is 8.42. The molecule has 6 heteroatoms. The molecule has 0 bridgehead atoms. The van der Waals surface area contributed by atoms with Crippen LogP contribution in [0.3, 0.4) is 0 Å². The quantitative estimate of drug-likeness (QED) is 0.440. The van der Waals surface area contributed by atoms with Crippen LogP contribution in [-0.2, 0) is 11.2 Å². The Morgan fingerprint density at radius 1 is 1.35 bits per heavy atom. The summed E-state index contributed by atoms with van der Waals surface area (Å²) in [6.45, 7) is 4.72. The first kappa shape index (κ1) is 17.1. The van der Waals surface area contributed by atoms with Gasteiger partial charge in [0.15, 0.2) is 5.96 Å². The fraction of sp³-hybridized carbons (Fsp3) is 0.500. The standard InChI is InChI=1S/C14H21Cl2N3O/c1-2-20-10-4-8-18-14(17)19-9-7-11-12(15)5-3-6-13(11)16/h3,5-6H,2,4,7-10H2,1H3,(H3,17,18,19). The van der Waals surface area contributed by atoms with Crippen molar-refractivity contribution in [2.24, 2.45) is 10.7 Å². The maximum absolute atomic E-state index is 6.09. The van der Waals surface area contributed by atoms with E-state index in [1.807, 2.05) is 25.1 Å². The number of hydrogen-bond acceptors (Lipinski definition) is 2. The van der Waals surface area contributed by atoms with Crippen molar-refractivity contribution in [2.75, 3.05) is 26.3 Å². The van der Waals surface area contributed by atoms with Crippen LogP contribution in [0, 0.1) is 0 Å². The molecule has 0 saturated heterocycles. The highest BCUT2D eigenvalue weighted by molar-refractivity contribution is 6.35. The van der Waals surface area contributed by atoms with Crippen molar-refractivity contribution in [3.63, 3.8) is 0 Å². The molecule has 0 amide bonds. The van der Waals surface area contributed by atoms with E-state index < -0.39 is 0 Å². The number of halogens is 2. The molecule has 0 unspecified atom stereocenters. The number of benzene rings is 1. The van der Waals surface area contributed by atoms with Gasteiger partial charge in [-0.05, 0) is 37.5 Å². The van der Waals surface area contributed by atoms with E-state index in [0.29, 0.717) is 42.1 Å². The van der Waals surface area contributed by atoms with Gasteiger partial charge in [0.05, 0.1) is 0 Å². The summed E-state index contributed by atoms with van der Waals surface area (Å²) in [7, 11) is 0. The van der Waals surface area contributed by atoms with Crippen LogP contribution in [0.25, 0.3) is 0 Å². The number of nitrogens with one attached hydrogen (secondary N) is 1. The first-order valence-electron chi connectivity index (χ1n) is 6.69. The van der Waals surface area contributed by atoms with Crippen LogP contribution in [0.15, 0.2) is 23.2 Å². The zero-order chi connectivity index (χ0) is 14.8. The lowest BCUT2D eigenvalue weighted by molar-refractivity contribution is 0.146. The fourth-order valence-electron chi connectivity index (χ4n) is 1.65. The lowest BCUT2D eigenvalue weighted by Gasteiger charge is -2.08. The summed E-state index contributed by atoms with van der Waals surface area (Å²) >= 11 is 12.2. The average Bonchev–Trinajstić information content (AvgIpc) is 2.42. The van der Waals surface area contributed by atoms with Crippen molar-refractivity contribution < 1.29 is 4.74 Å². The van der Waals surface area contributed by atoms with E-state index in [4.69, 9.17) is 33.7 Å². The zero-order valence-electron chi connectivity index (χ0n) is 11.7. The van der Waals surface area contributed by atoms with E-state index in [1.54, 1.807) is 0 Å². The summed E-state index contributed by atoms with van der Waals surface area (Å²) in [4.78, 5) is 4.21. The topological polar surface area (TPSA) is 59.6 Å². The Labute approximate surface area is 130 Å². The van der Waals surface area contributed by atoms with Crippen molar-refractivity contribution in [3.05, 3.63) is 33.8 Å². The molecule has 0 aliphatic carbocycles. The van der Waals surface area contributed by atoms with Gasteiger partial charge in [0.25, 0.3) is 0 Å². The highest BCUT2D eigenvalue weighted by Crippen LogP contribution is 2.24. The van der Waals surface area contributed by atoms with E-state index in [0.717, 1.165) is 18.6 Å². The third kappa shape index (κ3) is 6.46. The van der Waals surface area contributed by atoms with Crippen molar-refractivity contribution in [1.29, 1.82) is 0 Å². The minimum absolute atomic E-state index is 0.435. The molecule has 20 heavy (non-hydrogen) atoms. The van der Waals surface area contributed by atoms with Gasteiger partial charge in [0, 0.05) is 36.3 Å². The molecule has 1 aromatic rings. The van der Waals surface area contributed by atoms with Crippen LogP contribution in [-0.4, -0.2) is 32.3 Å². The number of aliphatic imine (C=N–C) groups is 1. The van der Waals surface area contributed by atoms with Gasteiger partial charge in [-0.1, -0.05) is 29.3 Å². The van der Waals surface area contributed by atoms with Gasteiger partial charge in [-0.15, -0.1) is 0 Å². The molecule has 0 aromatic heterocycles. The van der Waals surface area contributed by atoms with E-state index in [-0.39, 0.29) is 0 Å². The molecule has 0 aliphatic heterocycles. The zero-order valence-corrected chi connectivity index (χ0v) is 13.2. The predicted octanol–water partition coefficient (Wildman–Crippen LogP) is 2.87. The van der Waals surface area contributed by atoms with E-state index in [2.05, 4.69) is 10.3 Å². The highest BCUT2D eigenvalue weighted by atomic mass is 35.5. The van der Waals surface area contributed by atoms with Gasteiger partial charge in [-0.25, -0.2) is 0 Å². The van der Waals surface area contributed by atoms with Gasteiger partial charge in [0.2, 0.25) is 0 Å². The van der Waals surface area contributed by atoms with E-state index in [9.17, 15) is 0 Å². The van der Waals surface area contributed by atoms with Crippen LogP contribution < -0.4 is 11.1 Å². The summed E-state index contributed by atoms with van der Waals surface area (Å²) in [6, 6.07) is 5.48. The Morgan fingerprint density at radius 3 is 2.70 bits per heavy atom. The van der Waals surface area contributed by atoms with Crippen molar-refractivity contribution >= 4 is 29.2 Å². The van der Waals surface area contributed by atoms with Gasteiger partial charge >= 0.3 is 0 Å². The first-order chi connectivity index (χ1) is 9.65. The lowest BCUT2D eigenvalue weighted by Crippen LogP contribution is -2.33. The smallest absolute Gasteiger partial charge is 0.188 e. The second-order valence-electron chi connectivity index (χ2n) is 4.19. The number of ether oxygens (including phenoxy) is 1. The number of nitrogens with zero attached hydrogens (tertiary/aromatic N) is 1. The largest absolute Gasteiger partial charge is 0.382 e. The highest BCUT2D eigenvalue weighted by Gasteiger charge is 2.04. The molecular formula is C14H21Cl2N3O. The maximum atomic E-state index is 6.09. The molecule has 4 nitrogen and oxygen atoms in total. The minimum atomic E-state index is 0.435. The Bertz CT molecular complexity index is 418. The second kappa shape index (κ2) is 9.86. The third-order valence-electron chi connectivity index (χ3n) is 2.68.